The molecule has 0 radical (unpaired) electrons. The molecule has 1 N–H and O–H groups in total. The minimum atomic E-state index is -1.26. The number of halogens is 1. The van der Waals surface area contributed by atoms with Crippen LogP contribution in [0.3, 0.4) is 0 Å². The fraction of sp³-hybridized carbons (Fsp3) is 1.00. The lowest BCUT2D eigenvalue weighted by molar-refractivity contribution is 0.479. The fourth-order valence-electron chi connectivity index (χ4n) is 0.842. The first-order valence-electron chi connectivity index (χ1n) is 3.87. The van der Waals surface area contributed by atoms with E-state index in [1.54, 1.807) is 0 Å². The van der Waals surface area contributed by atoms with Crippen LogP contribution < -0.4 is 4.98 Å². The van der Waals surface area contributed by atoms with Crippen LogP contribution in [-0.4, -0.2) is 32.6 Å². The number of nitrogens with zero attached hydrogens (tertiary/aromatic N) is 1. The lowest BCUT2D eigenvalue weighted by Gasteiger charge is -2.22. The van der Waals surface area contributed by atoms with Crippen LogP contribution in [0.1, 0.15) is 20.8 Å². The maximum atomic E-state index is 6.10. The average Bonchev–Trinajstić information content (AvgIpc) is 1.91. The Morgan fingerprint density at radius 2 is 1.80 bits per heavy atom. The van der Waals surface area contributed by atoms with Crippen LogP contribution in [0, 0.1) is 0 Å². The van der Waals surface area contributed by atoms with Gasteiger partial charge in [0, 0.05) is 0 Å². The largest absolute Gasteiger partial charge is 0.316 e. The van der Waals surface area contributed by atoms with Crippen molar-refractivity contribution in [3.05, 3.63) is 0 Å². The van der Waals surface area contributed by atoms with E-state index in [0.29, 0.717) is 0 Å². The molecule has 0 aromatic rings. The highest BCUT2D eigenvalue weighted by Crippen LogP contribution is 1.94. The second-order valence-corrected chi connectivity index (χ2v) is 5.17. The van der Waals surface area contributed by atoms with E-state index in [-0.39, 0.29) is 0 Å². The highest BCUT2D eigenvalue weighted by atomic mass is 35.6. The molecule has 0 aliphatic rings. The van der Waals surface area contributed by atoms with E-state index in [4.69, 9.17) is 11.1 Å². The summed E-state index contributed by atoms with van der Waals surface area (Å²) >= 11 is 6.10. The summed E-state index contributed by atoms with van der Waals surface area (Å²) in [6.07, 6.45) is 0. The first-order chi connectivity index (χ1) is 4.76. The summed E-state index contributed by atoms with van der Waals surface area (Å²) in [5.41, 5.74) is 0. The van der Waals surface area contributed by atoms with Gasteiger partial charge < -0.3 is 9.55 Å². The monoisotopic (exact) mass is 180 g/mol. The molecule has 0 aromatic heterocycles. The van der Waals surface area contributed by atoms with Gasteiger partial charge in [0.25, 0.3) is 8.43 Å². The van der Waals surface area contributed by atoms with Gasteiger partial charge in [-0.25, -0.2) is 0 Å². The Bertz CT molecular complexity index is 78.1. The van der Waals surface area contributed by atoms with Crippen LogP contribution in [0.2, 0.25) is 0 Å². The zero-order chi connectivity index (χ0) is 7.98. The zero-order valence-corrected chi connectivity index (χ0v) is 8.93. The first-order valence-corrected chi connectivity index (χ1v) is 6.71. The van der Waals surface area contributed by atoms with Crippen molar-refractivity contribution in [3.63, 3.8) is 0 Å². The summed E-state index contributed by atoms with van der Waals surface area (Å²) in [6, 6.07) is 0. The third-order valence-electron chi connectivity index (χ3n) is 1.51. The second-order valence-electron chi connectivity index (χ2n) is 2.11. The molecule has 0 aliphatic heterocycles. The Morgan fingerprint density at radius 1 is 1.30 bits per heavy atom. The average molecular weight is 181 g/mol. The van der Waals surface area contributed by atoms with Crippen molar-refractivity contribution in [1.82, 2.24) is 9.55 Å². The molecular weight excluding hydrogens is 164 g/mol. The summed E-state index contributed by atoms with van der Waals surface area (Å²) in [5, 5.41) is 0. The minimum Gasteiger partial charge on any atom is -0.316 e. The molecule has 0 amide bonds. The van der Waals surface area contributed by atoms with Crippen molar-refractivity contribution in [2.75, 3.05) is 19.6 Å². The standard InChI is InChI=1S/C6H17ClN2Si/c1-4-8-10(7)9(5-2)6-3/h8,10H,4-6H2,1-3H3. The molecule has 0 aromatic carbocycles. The van der Waals surface area contributed by atoms with Gasteiger partial charge in [0.1, 0.15) is 0 Å². The van der Waals surface area contributed by atoms with Gasteiger partial charge in [-0.05, 0) is 19.6 Å². The normalized spacial score (nSPS) is 14.1. The van der Waals surface area contributed by atoms with Gasteiger partial charge >= 0.3 is 0 Å². The van der Waals surface area contributed by atoms with Crippen molar-refractivity contribution in [2.45, 2.75) is 20.8 Å². The molecule has 4 heteroatoms. The van der Waals surface area contributed by atoms with E-state index in [1.165, 1.54) is 0 Å². The van der Waals surface area contributed by atoms with Crippen LogP contribution in [0.4, 0.5) is 0 Å². The summed E-state index contributed by atoms with van der Waals surface area (Å²) in [4.78, 5) is 3.28. The lowest BCUT2D eigenvalue weighted by atomic mass is 10.7. The Labute approximate surface area is 70.0 Å². The van der Waals surface area contributed by atoms with E-state index < -0.39 is 8.43 Å². The topological polar surface area (TPSA) is 15.3 Å². The molecule has 1 unspecified atom stereocenters. The van der Waals surface area contributed by atoms with Crippen LogP contribution in [-0.2, 0) is 0 Å². The number of hydrogen-bond donors (Lipinski definition) is 1. The van der Waals surface area contributed by atoms with E-state index in [0.717, 1.165) is 19.6 Å². The first kappa shape index (κ1) is 10.4. The maximum absolute atomic E-state index is 6.10. The SMILES string of the molecule is CCN[SiH](Cl)N(CC)CC. The van der Waals surface area contributed by atoms with E-state index in [2.05, 4.69) is 30.3 Å². The summed E-state index contributed by atoms with van der Waals surface area (Å²) in [5.74, 6) is 0. The Morgan fingerprint density at radius 3 is 2.10 bits per heavy atom. The van der Waals surface area contributed by atoms with Gasteiger partial charge in [-0.15, -0.1) is 11.1 Å². The van der Waals surface area contributed by atoms with Gasteiger partial charge in [-0.2, -0.15) is 0 Å². The molecule has 0 rings (SSSR count). The number of rotatable bonds is 5. The van der Waals surface area contributed by atoms with Gasteiger partial charge in [0.05, 0.1) is 0 Å². The zero-order valence-electron chi connectivity index (χ0n) is 7.02. The lowest BCUT2D eigenvalue weighted by Crippen LogP contribution is -2.46. The van der Waals surface area contributed by atoms with Gasteiger partial charge in [0.2, 0.25) is 0 Å². The minimum absolute atomic E-state index is 0.983. The Balaban J connectivity index is 3.53. The van der Waals surface area contributed by atoms with Crippen molar-refractivity contribution in [2.24, 2.45) is 0 Å². The van der Waals surface area contributed by atoms with Crippen LogP contribution >= 0.6 is 11.1 Å². The highest BCUT2D eigenvalue weighted by Gasteiger charge is 2.12. The molecule has 0 aliphatic carbocycles. The van der Waals surface area contributed by atoms with Gasteiger partial charge in [0.15, 0.2) is 0 Å². The van der Waals surface area contributed by atoms with Crippen LogP contribution in [0.5, 0.6) is 0 Å². The van der Waals surface area contributed by atoms with Crippen molar-refractivity contribution >= 4 is 19.5 Å². The molecule has 0 saturated carbocycles. The van der Waals surface area contributed by atoms with Crippen LogP contribution in [0.25, 0.3) is 0 Å². The molecule has 0 saturated heterocycles. The van der Waals surface area contributed by atoms with E-state index in [1.807, 2.05) is 0 Å². The third-order valence-corrected chi connectivity index (χ3v) is 4.91. The highest BCUT2D eigenvalue weighted by molar-refractivity contribution is 7.03. The van der Waals surface area contributed by atoms with Crippen molar-refractivity contribution < 1.29 is 0 Å². The maximum Gasteiger partial charge on any atom is 0.288 e. The molecule has 0 bridgehead atoms. The van der Waals surface area contributed by atoms with Crippen molar-refractivity contribution in [3.8, 4) is 0 Å². The quantitative estimate of drug-likeness (QED) is 0.500. The number of nitrogens with one attached hydrogen (secondary N) is 1. The molecule has 1 atom stereocenters. The predicted molar refractivity (Wildman–Crippen MR) is 49.6 cm³/mol. The smallest absolute Gasteiger partial charge is 0.288 e. The molecule has 0 spiro atoms. The molecule has 10 heavy (non-hydrogen) atoms. The number of hydrogen-bond acceptors (Lipinski definition) is 2. The summed E-state index contributed by atoms with van der Waals surface area (Å²) in [7, 11) is -1.26. The van der Waals surface area contributed by atoms with Crippen LogP contribution in [0.15, 0.2) is 0 Å². The Kier molecular flexibility index (Phi) is 6.42. The van der Waals surface area contributed by atoms with E-state index >= 15 is 0 Å². The summed E-state index contributed by atoms with van der Waals surface area (Å²) in [6.45, 7) is 9.48. The van der Waals surface area contributed by atoms with Gasteiger partial charge in [-0.1, -0.05) is 20.8 Å². The molecule has 0 heterocycles. The fourth-order valence-corrected chi connectivity index (χ4v) is 3.37. The third kappa shape index (κ3) is 3.56. The van der Waals surface area contributed by atoms with Crippen molar-refractivity contribution in [1.29, 1.82) is 0 Å². The predicted octanol–water partition coefficient (Wildman–Crippen LogP) is 0.894. The van der Waals surface area contributed by atoms with Gasteiger partial charge in [-0.3, -0.25) is 0 Å². The molecule has 0 fully saturated rings. The Hall–Kier alpha value is 0.427. The molecule has 62 valence electrons. The second kappa shape index (κ2) is 6.16. The molecule has 2 nitrogen and oxygen atoms in total. The van der Waals surface area contributed by atoms with E-state index in [9.17, 15) is 0 Å². The summed E-state index contributed by atoms with van der Waals surface area (Å²) < 4.78 is 2.30. The molecular formula is C6H17ClN2Si.